The summed E-state index contributed by atoms with van der Waals surface area (Å²) in [5.41, 5.74) is 3.79. The lowest BCUT2D eigenvalue weighted by Crippen LogP contribution is -2.36. The Morgan fingerprint density at radius 3 is 2.67 bits per heavy atom. The summed E-state index contributed by atoms with van der Waals surface area (Å²) in [4.78, 5) is 30.9. The highest BCUT2D eigenvalue weighted by atomic mass is 16.6. The largest absolute Gasteiger partial charge is 0.394 e. The Balaban J connectivity index is 2.30. The third-order valence-corrected chi connectivity index (χ3v) is 3.85. The molecule has 2 aromatic rings. The quantitative estimate of drug-likeness (QED) is 0.363. The van der Waals surface area contributed by atoms with Crippen LogP contribution in [0.4, 0.5) is 5.95 Å². The zero-order valence-corrected chi connectivity index (χ0v) is 12.3. The van der Waals surface area contributed by atoms with E-state index in [-0.39, 0.29) is 23.7 Å². The molecule has 0 bridgehead atoms. The van der Waals surface area contributed by atoms with Crippen molar-refractivity contribution in [3.05, 3.63) is 20.8 Å². The third kappa shape index (κ3) is 2.21. The van der Waals surface area contributed by atoms with Crippen molar-refractivity contribution in [2.75, 3.05) is 12.3 Å². The number of nitrogens with zero attached hydrogens (tertiary/aromatic N) is 3. The van der Waals surface area contributed by atoms with E-state index in [2.05, 4.69) is 15.9 Å². The Bertz CT molecular complexity index is 937. The molecule has 3 rings (SSSR count). The van der Waals surface area contributed by atoms with Crippen LogP contribution in [0.5, 0.6) is 0 Å². The number of imidazole rings is 1. The number of fused-ring (bicyclic) bond motifs is 1. The van der Waals surface area contributed by atoms with Gasteiger partial charge in [0.1, 0.15) is 18.3 Å². The van der Waals surface area contributed by atoms with Gasteiger partial charge >= 0.3 is 5.69 Å². The number of H-pyrrole nitrogens is 1. The molecule has 0 aromatic carbocycles. The molecule has 3 heterocycles. The van der Waals surface area contributed by atoms with Crippen LogP contribution in [0.3, 0.4) is 0 Å². The molecule has 6 N–H and O–H groups in total. The van der Waals surface area contributed by atoms with E-state index in [1.165, 1.54) is 0 Å². The number of nitrogens with two attached hydrogens (primary N) is 1. The Labute approximate surface area is 133 Å². The lowest BCUT2D eigenvalue weighted by molar-refractivity contribution is -0.0527. The van der Waals surface area contributed by atoms with Gasteiger partial charge in [-0.2, -0.15) is 4.98 Å². The van der Waals surface area contributed by atoms with E-state index >= 15 is 0 Å². The zero-order chi connectivity index (χ0) is 17.6. The van der Waals surface area contributed by atoms with E-state index in [0.29, 0.717) is 0 Å². The van der Waals surface area contributed by atoms with E-state index in [9.17, 15) is 24.9 Å². The van der Waals surface area contributed by atoms with E-state index in [4.69, 9.17) is 16.9 Å². The fourth-order valence-corrected chi connectivity index (χ4v) is 2.76. The molecule has 4 atom stereocenters. The topological polar surface area (TPSA) is 169 Å². The van der Waals surface area contributed by atoms with Crippen molar-refractivity contribution in [1.29, 1.82) is 0 Å². The highest BCUT2D eigenvalue weighted by Gasteiger charge is 2.45. The minimum absolute atomic E-state index is 0.134. The Kier molecular flexibility index (Phi) is 3.90. The van der Waals surface area contributed by atoms with Gasteiger partial charge < -0.3 is 25.8 Å². The molecule has 1 aliphatic heterocycles. The molecular weight excluding hydrogens is 322 g/mol. The van der Waals surface area contributed by atoms with E-state index < -0.39 is 42.4 Å². The monoisotopic (exact) mass is 337 g/mol. The number of aromatic amines is 1. The summed E-state index contributed by atoms with van der Waals surface area (Å²) in [5, 5.41) is 29.2. The summed E-state index contributed by atoms with van der Waals surface area (Å²) >= 11 is 0. The average molecular weight is 337 g/mol. The first-order valence-corrected chi connectivity index (χ1v) is 6.97. The molecule has 2 aromatic heterocycles. The molecule has 0 radical (unpaired) electrons. The Morgan fingerprint density at radius 2 is 2.08 bits per heavy atom. The number of terminal acetylenes is 1. The van der Waals surface area contributed by atoms with Crippen LogP contribution in [-0.2, 0) is 11.3 Å². The fourth-order valence-electron chi connectivity index (χ4n) is 2.76. The predicted octanol–water partition coefficient (Wildman–Crippen LogP) is -3.29. The number of nitrogen functional groups attached to an aromatic ring is 1. The summed E-state index contributed by atoms with van der Waals surface area (Å²) < 4.78 is 7.21. The van der Waals surface area contributed by atoms with E-state index in [1.54, 1.807) is 0 Å². The van der Waals surface area contributed by atoms with Gasteiger partial charge in [0.05, 0.1) is 13.2 Å². The maximum absolute atomic E-state index is 12.6. The van der Waals surface area contributed by atoms with Gasteiger partial charge in [0.2, 0.25) is 5.95 Å². The number of anilines is 1. The number of nitrogens with one attached hydrogen (secondary N) is 1. The van der Waals surface area contributed by atoms with Crippen LogP contribution in [-0.4, -0.2) is 59.3 Å². The number of aromatic nitrogens is 4. The molecule has 128 valence electrons. The third-order valence-electron chi connectivity index (χ3n) is 3.85. The van der Waals surface area contributed by atoms with E-state index in [0.717, 1.165) is 9.13 Å². The second kappa shape index (κ2) is 5.77. The lowest BCUT2D eigenvalue weighted by Gasteiger charge is -2.15. The SMILES string of the molecule is C#CCn1c(=O)n(C2OC(CO)C(O)C2O)c2nc(N)[nH]c(=O)c21. The molecule has 1 aliphatic rings. The second-order valence-corrected chi connectivity index (χ2v) is 5.30. The van der Waals surface area contributed by atoms with Gasteiger partial charge in [0.15, 0.2) is 17.4 Å². The molecule has 24 heavy (non-hydrogen) atoms. The fraction of sp³-hybridized carbons (Fsp3) is 0.462. The Hall–Kier alpha value is -2.65. The van der Waals surface area contributed by atoms with Crippen molar-refractivity contribution in [2.24, 2.45) is 0 Å². The average Bonchev–Trinajstić information content (AvgIpc) is 2.96. The normalized spacial score (nSPS) is 26.8. The van der Waals surface area contributed by atoms with Crippen LogP contribution in [0.25, 0.3) is 11.2 Å². The first-order valence-electron chi connectivity index (χ1n) is 6.97. The predicted molar refractivity (Wildman–Crippen MR) is 80.9 cm³/mol. The van der Waals surface area contributed by atoms with Gasteiger partial charge in [-0.3, -0.25) is 14.3 Å². The first kappa shape index (κ1) is 16.2. The van der Waals surface area contributed by atoms with Crippen LogP contribution in [0.2, 0.25) is 0 Å². The van der Waals surface area contributed by atoms with Crippen molar-refractivity contribution >= 4 is 17.1 Å². The minimum atomic E-state index is -1.52. The molecule has 4 unspecified atom stereocenters. The summed E-state index contributed by atoms with van der Waals surface area (Å²) in [6, 6.07) is 0. The highest BCUT2D eigenvalue weighted by Crippen LogP contribution is 2.30. The van der Waals surface area contributed by atoms with Gasteiger partial charge in [-0.1, -0.05) is 5.92 Å². The van der Waals surface area contributed by atoms with Gasteiger partial charge in [0.25, 0.3) is 5.56 Å². The number of hydrogen-bond donors (Lipinski definition) is 5. The lowest BCUT2D eigenvalue weighted by atomic mass is 10.1. The maximum Gasteiger partial charge on any atom is 0.333 e. The van der Waals surface area contributed by atoms with Gasteiger partial charge in [0, 0.05) is 0 Å². The molecular formula is C13H15N5O6. The number of ether oxygens (including phenoxy) is 1. The molecule has 0 aliphatic carbocycles. The van der Waals surface area contributed by atoms with Crippen LogP contribution in [0.15, 0.2) is 9.59 Å². The molecule has 0 saturated carbocycles. The van der Waals surface area contributed by atoms with Crippen molar-refractivity contribution < 1.29 is 20.1 Å². The van der Waals surface area contributed by atoms with Crippen LogP contribution in [0, 0.1) is 12.3 Å². The van der Waals surface area contributed by atoms with Crippen molar-refractivity contribution in [3.8, 4) is 12.3 Å². The zero-order valence-electron chi connectivity index (χ0n) is 12.3. The summed E-state index contributed by atoms with van der Waals surface area (Å²) in [6.07, 6.45) is -0.171. The summed E-state index contributed by atoms with van der Waals surface area (Å²) in [7, 11) is 0. The molecule has 11 heteroatoms. The summed E-state index contributed by atoms with van der Waals surface area (Å²) in [5.74, 6) is 2.00. The molecule has 1 saturated heterocycles. The summed E-state index contributed by atoms with van der Waals surface area (Å²) in [6.45, 7) is -0.783. The van der Waals surface area contributed by atoms with Crippen LogP contribution >= 0.6 is 0 Å². The molecule has 11 nitrogen and oxygen atoms in total. The van der Waals surface area contributed by atoms with Crippen molar-refractivity contribution in [3.63, 3.8) is 0 Å². The van der Waals surface area contributed by atoms with Crippen molar-refractivity contribution in [1.82, 2.24) is 19.1 Å². The standard InChI is InChI=1S/C13H15N5O6/c1-2-3-17-6-9(15-12(14)16-10(6)22)18(13(17)23)11-8(21)7(20)5(4-19)24-11/h1,5,7-8,11,19-21H,3-4H2,(H3,14,15,16,22). The van der Waals surface area contributed by atoms with E-state index in [1.807, 2.05) is 0 Å². The number of rotatable bonds is 3. The second-order valence-electron chi connectivity index (χ2n) is 5.30. The van der Waals surface area contributed by atoms with Gasteiger partial charge in [-0.05, 0) is 0 Å². The molecule has 0 amide bonds. The van der Waals surface area contributed by atoms with Gasteiger partial charge in [-0.25, -0.2) is 9.36 Å². The maximum atomic E-state index is 12.6. The number of hydrogen-bond acceptors (Lipinski definition) is 8. The Morgan fingerprint density at radius 1 is 1.38 bits per heavy atom. The number of aliphatic hydroxyl groups excluding tert-OH is 3. The molecule has 0 spiro atoms. The minimum Gasteiger partial charge on any atom is -0.394 e. The van der Waals surface area contributed by atoms with Crippen LogP contribution < -0.4 is 17.0 Å². The van der Waals surface area contributed by atoms with Crippen molar-refractivity contribution in [2.45, 2.75) is 31.1 Å². The van der Waals surface area contributed by atoms with Crippen LogP contribution in [0.1, 0.15) is 6.23 Å². The van der Waals surface area contributed by atoms with Gasteiger partial charge in [-0.15, -0.1) is 6.42 Å². The molecule has 1 fully saturated rings. The highest BCUT2D eigenvalue weighted by molar-refractivity contribution is 5.72. The number of aliphatic hydroxyl groups is 3. The smallest absolute Gasteiger partial charge is 0.333 e. The first-order chi connectivity index (χ1) is 11.4.